The highest BCUT2D eigenvalue weighted by molar-refractivity contribution is 9.10. The predicted molar refractivity (Wildman–Crippen MR) is 113 cm³/mol. The summed E-state index contributed by atoms with van der Waals surface area (Å²) in [7, 11) is 0. The lowest BCUT2D eigenvalue weighted by atomic mass is 9.90. The highest BCUT2D eigenvalue weighted by Crippen LogP contribution is 2.49. The van der Waals surface area contributed by atoms with E-state index in [1.54, 1.807) is 0 Å². The number of imide groups is 1. The summed E-state index contributed by atoms with van der Waals surface area (Å²) in [5, 5.41) is 15.3. The molecule has 3 aliphatic rings. The lowest BCUT2D eigenvalue weighted by molar-refractivity contribution is -0.384. The highest BCUT2D eigenvalue weighted by Gasteiger charge is 2.62. The van der Waals surface area contributed by atoms with Crippen LogP contribution in [0.3, 0.4) is 0 Å². The van der Waals surface area contributed by atoms with Crippen LogP contribution in [0.4, 0.5) is 11.4 Å². The van der Waals surface area contributed by atoms with E-state index in [-0.39, 0.29) is 34.3 Å². The largest absolute Gasteiger partial charge is 0.289 e. The molecule has 154 valence electrons. The zero-order chi connectivity index (χ0) is 21.2. The second-order valence-electron chi connectivity index (χ2n) is 7.55. The van der Waals surface area contributed by atoms with Crippen molar-refractivity contribution in [2.75, 3.05) is 18.0 Å². The molecule has 0 unspecified atom stereocenters. The minimum Gasteiger partial charge on any atom is -0.274 e. The van der Waals surface area contributed by atoms with E-state index in [0.717, 1.165) is 27.9 Å². The molecule has 30 heavy (non-hydrogen) atoms. The first-order valence-corrected chi connectivity index (χ1v) is 10.7. The van der Waals surface area contributed by atoms with Gasteiger partial charge in [0.25, 0.3) is 11.6 Å². The molecule has 2 aromatic carbocycles. The Morgan fingerprint density at radius 2 is 1.67 bits per heavy atom. The lowest BCUT2D eigenvalue weighted by Crippen LogP contribution is -2.44. The molecule has 3 fully saturated rings. The van der Waals surface area contributed by atoms with E-state index < -0.39 is 16.9 Å². The molecule has 3 atom stereocenters. The van der Waals surface area contributed by atoms with Gasteiger partial charge in [0.1, 0.15) is 11.1 Å². The summed E-state index contributed by atoms with van der Waals surface area (Å²) in [5.41, 5.74) is 0.803. The van der Waals surface area contributed by atoms with Crippen molar-refractivity contribution < 1.29 is 14.5 Å². The number of benzene rings is 2. The number of hydrazine groups is 1. The minimum absolute atomic E-state index is 0.0403. The Morgan fingerprint density at radius 1 is 1.00 bits per heavy atom. The van der Waals surface area contributed by atoms with Crippen LogP contribution in [0.5, 0.6) is 0 Å². The molecule has 10 heteroatoms. The van der Waals surface area contributed by atoms with Crippen molar-refractivity contribution in [2.45, 2.75) is 18.5 Å². The van der Waals surface area contributed by atoms with Gasteiger partial charge in [-0.2, -0.15) is 0 Å². The summed E-state index contributed by atoms with van der Waals surface area (Å²) in [6.45, 7) is 1.47. The Labute approximate surface area is 185 Å². The number of halogens is 2. The molecule has 3 saturated heterocycles. The zero-order valence-electron chi connectivity index (χ0n) is 15.6. The van der Waals surface area contributed by atoms with Crippen LogP contribution in [0.2, 0.25) is 5.02 Å². The number of carbonyl (C=O) groups excluding carboxylic acids is 2. The third-order valence-corrected chi connectivity index (χ3v) is 6.85. The normalized spacial score (nSPS) is 26.3. The summed E-state index contributed by atoms with van der Waals surface area (Å²) in [4.78, 5) is 38.6. The molecule has 3 heterocycles. The van der Waals surface area contributed by atoms with Crippen LogP contribution >= 0.6 is 27.5 Å². The fraction of sp³-hybridized carbons (Fsp3) is 0.300. The molecule has 0 aliphatic carbocycles. The Hall–Kier alpha value is -2.33. The molecule has 2 amide bonds. The van der Waals surface area contributed by atoms with Gasteiger partial charge in [0, 0.05) is 23.6 Å². The standard InChI is InChI=1S/C20H16BrClN4O4/c21-12-4-2-11(3-5-12)17-16-18(24-9-1-8-23(17)24)20(28)25(19(16)27)13-6-7-14(22)15(10-13)26(29)30/h2-7,10,16-18H,1,8-9H2/t16-,17-,18-/m0/s1. The van der Waals surface area contributed by atoms with Crippen LogP contribution in [0.15, 0.2) is 46.9 Å². The summed E-state index contributed by atoms with van der Waals surface area (Å²) < 4.78 is 0.933. The van der Waals surface area contributed by atoms with E-state index in [9.17, 15) is 19.7 Å². The van der Waals surface area contributed by atoms with Gasteiger partial charge in [-0.15, -0.1) is 0 Å². The summed E-state index contributed by atoms with van der Waals surface area (Å²) in [6, 6.07) is 10.9. The number of hydrogen-bond acceptors (Lipinski definition) is 6. The smallest absolute Gasteiger partial charge is 0.274 e. The maximum absolute atomic E-state index is 13.5. The molecule has 0 saturated carbocycles. The molecule has 0 N–H and O–H groups in total. The predicted octanol–water partition coefficient (Wildman–Crippen LogP) is 3.55. The molecule has 0 bridgehead atoms. The molecule has 0 aromatic heterocycles. The molecular weight excluding hydrogens is 476 g/mol. The number of nitro benzene ring substituents is 1. The molecule has 5 rings (SSSR count). The molecule has 0 spiro atoms. The van der Waals surface area contributed by atoms with Crippen molar-refractivity contribution in [2.24, 2.45) is 5.92 Å². The van der Waals surface area contributed by atoms with Crippen molar-refractivity contribution >= 4 is 50.7 Å². The third kappa shape index (κ3) is 2.80. The van der Waals surface area contributed by atoms with E-state index >= 15 is 0 Å². The number of hydrogen-bond donors (Lipinski definition) is 0. The number of fused-ring (bicyclic) bond motifs is 3. The average Bonchev–Trinajstić information content (AvgIpc) is 3.36. The molecule has 2 aromatic rings. The molecule has 8 nitrogen and oxygen atoms in total. The second kappa shape index (κ2) is 7.12. The first-order chi connectivity index (χ1) is 14.4. The van der Waals surface area contributed by atoms with Gasteiger partial charge >= 0.3 is 0 Å². The van der Waals surface area contributed by atoms with Crippen molar-refractivity contribution in [1.82, 2.24) is 10.0 Å². The number of nitrogens with zero attached hydrogens (tertiary/aromatic N) is 4. The van der Waals surface area contributed by atoms with Gasteiger partial charge in [0.2, 0.25) is 5.91 Å². The quantitative estimate of drug-likeness (QED) is 0.371. The highest BCUT2D eigenvalue weighted by atomic mass is 79.9. The number of anilines is 1. The van der Waals surface area contributed by atoms with Crippen LogP contribution in [0.25, 0.3) is 0 Å². The van der Waals surface area contributed by atoms with Gasteiger partial charge < -0.3 is 0 Å². The zero-order valence-corrected chi connectivity index (χ0v) is 17.9. The van der Waals surface area contributed by atoms with Crippen molar-refractivity contribution in [3.8, 4) is 0 Å². The topological polar surface area (TPSA) is 87.0 Å². The van der Waals surface area contributed by atoms with Gasteiger partial charge in [-0.25, -0.2) is 14.9 Å². The maximum Gasteiger partial charge on any atom is 0.289 e. The van der Waals surface area contributed by atoms with Gasteiger partial charge in [-0.3, -0.25) is 19.7 Å². The Morgan fingerprint density at radius 3 is 2.33 bits per heavy atom. The number of amides is 2. The van der Waals surface area contributed by atoms with E-state index in [0.29, 0.717) is 6.54 Å². The number of rotatable bonds is 3. The van der Waals surface area contributed by atoms with E-state index in [2.05, 4.69) is 20.9 Å². The summed E-state index contributed by atoms with van der Waals surface area (Å²) in [5.74, 6) is -1.27. The minimum atomic E-state index is -0.621. The van der Waals surface area contributed by atoms with Crippen molar-refractivity contribution in [3.05, 3.63) is 67.6 Å². The van der Waals surface area contributed by atoms with E-state index in [1.165, 1.54) is 18.2 Å². The van der Waals surface area contributed by atoms with E-state index in [1.807, 2.05) is 29.3 Å². The van der Waals surface area contributed by atoms with Crippen LogP contribution in [0.1, 0.15) is 18.0 Å². The lowest BCUT2D eigenvalue weighted by Gasteiger charge is -2.29. The number of carbonyl (C=O) groups is 2. The molecular formula is C20H16BrClN4O4. The first kappa shape index (κ1) is 19.6. The Bertz CT molecular complexity index is 1080. The van der Waals surface area contributed by atoms with E-state index in [4.69, 9.17) is 11.6 Å². The Kier molecular flexibility index (Phi) is 4.66. The van der Waals surface area contributed by atoms with Crippen molar-refractivity contribution in [1.29, 1.82) is 0 Å². The fourth-order valence-electron chi connectivity index (χ4n) is 4.81. The van der Waals surface area contributed by atoms with Crippen LogP contribution in [0, 0.1) is 16.0 Å². The summed E-state index contributed by atoms with van der Waals surface area (Å²) in [6.07, 6.45) is 0.907. The monoisotopic (exact) mass is 490 g/mol. The van der Waals surface area contributed by atoms with Gasteiger partial charge in [-0.05, 0) is 36.2 Å². The average molecular weight is 492 g/mol. The van der Waals surface area contributed by atoms with Gasteiger partial charge in [0.15, 0.2) is 0 Å². The second-order valence-corrected chi connectivity index (χ2v) is 8.87. The van der Waals surface area contributed by atoms with Crippen LogP contribution in [-0.2, 0) is 9.59 Å². The Balaban J connectivity index is 1.58. The molecule has 3 aliphatic heterocycles. The number of nitro groups is 1. The van der Waals surface area contributed by atoms with Crippen LogP contribution < -0.4 is 4.90 Å². The van der Waals surface area contributed by atoms with Gasteiger partial charge in [-0.1, -0.05) is 39.7 Å². The fourth-order valence-corrected chi connectivity index (χ4v) is 5.26. The first-order valence-electron chi connectivity index (χ1n) is 9.49. The third-order valence-electron chi connectivity index (χ3n) is 6.00. The summed E-state index contributed by atoms with van der Waals surface area (Å²) >= 11 is 9.34. The van der Waals surface area contributed by atoms with Crippen LogP contribution in [-0.4, -0.2) is 45.9 Å². The van der Waals surface area contributed by atoms with Gasteiger partial charge in [0.05, 0.1) is 22.6 Å². The molecule has 0 radical (unpaired) electrons. The SMILES string of the molecule is O=C1[C@@H]2[C@@H](C(=O)N1c1ccc(Cl)c([N+](=O)[O-])c1)N1CCCN1[C@H]2c1ccc(Br)cc1. The van der Waals surface area contributed by atoms with Crippen molar-refractivity contribution in [3.63, 3.8) is 0 Å². The maximum atomic E-state index is 13.5.